The molecule has 1 N–H and O–H groups in total. The molecule has 1 amide bonds. The van der Waals surface area contributed by atoms with Gasteiger partial charge in [-0.3, -0.25) is 24.6 Å². The minimum absolute atomic E-state index is 0.00480. The van der Waals surface area contributed by atoms with Crippen molar-refractivity contribution >= 4 is 22.6 Å². The molecule has 1 aromatic heterocycles. The van der Waals surface area contributed by atoms with Crippen LogP contribution in [-0.2, 0) is 11.3 Å². The van der Waals surface area contributed by atoms with Gasteiger partial charge in [0.2, 0.25) is 0 Å². The molecule has 0 saturated carbocycles. The van der Waals surface area contributed by atoms with Crippen LogP contribution in [0.25, 0.3) is 11.0 Å². The number of rotatable bonds is 8. The van der Waals surface area contributed by atoms with Crippen molar-refractivity contribution in [1.29, 1.82) is 0 Å². The Kier molecular flexibility index (Phi) is 8.05. The second-order valence-electron chi connectivity index (χ2n) is 9.77. The zero-order valence-corrected chi connectivity index (χ0v) is 21.1. The summed E-state index contributed by atoms with van der Waals surface area (Å²) in [6, 6.07) is 15.0. The molecular weight excluding hydrogens is 452 g/mol. The van der Waals surface area contributed by atoms with E-state index in [1.54, 1.807) is 12.4 Å². The Morgan fingerprint density at radius 3 is 2.47 bits per heavy atom. The molecule has 2 fully saturated rings. The van der Waals surface area contributed by atoms with Crippen molar-refractivity contribution in [3.8, 4) is 0 Å². The summed E-state index contributed by atoms with van der Waals surface area (Å²) in [6.07, 6.45) is 5.72. The van der Waals surface area contributed by atoms with Crippen LogP contribution < -0.4 is 10.2 Å². The van der Waals surface area contributed by atoms with Crippen LogP contribution in [0, 0.1) is 0 Å². The standard InChI is InChI=1S/C28H36N6O2/c1-32(21-22-2-7-26-27(20-22)30-11-10-29-26)24-8-13-34(14-9-24)25-5-3-23(4-6-25)28(35)31-12-15-33-16-18-36-19-17-33/h2-7,10-11,20,24H,8-9,12-19,21H2,1H3,(H,31,35). The number of carbonyl (C=O) groups excluding carboxylic acids is 1. The second kappa shape index (κ2) is 11.8. The molecular formula is C28H36N6O2. The van der Waals surface area contributed by atoms with E-state index >= 15 is 0 Å². The van der Waals surface area contributed by atoms with Crippen molar-refractivity contribution in [3.63, 3.8) is 0 Å². The Balaban J connectivity index is 1.07. The molecule has 0 atom stereocenters. The monoisotopic (exact) mass is 488 g/mol. The van der Waals surface area contributed by atoms with E-state index in [1.807, 2.05) is 12.1 Å². The quantitative estimate of drug-likeness (QED) is 0.523. The third-order valence-electron chi connectivity index (χ3n) is 7.37. The molecule has 3 aromatic rings. The highest BCUT2D eigenvalue weighted by molar-refractivity contribution is 5.94. The molecule has 2 aromatic carbocycles. The van der Waals surface area contributed by atoms with Gasteiger partial charge in [-0.2, -0.15) is 0 Å². The summed E-state index contributed by atoms with van der Waals surface area (Å²) in [6.45, 7) is 7.91. The van der Waals surface area contributed by atoms with Gasteiger partial charge >= 0.3 is 0 Å². The molecule has 8 heteroatoms. The predicted molar refractivity (Wildman–Crippen MR) is 142 cm³/mol. The van der Waals surface area contributed by atoms with Crippen molar-refractivity contribution in [3.05, 3.63) is 66.0 Å². The SMILES string of the molecule is CN(Cc1ccc2nccnc2c1)C1CCN(c2ccc(C(=O)NCCN3CCOCC3)cc2)CC1. The van der Waals surface area contributed by atoms with E-state index in [1.165, 1.54) is 11.3 Å². The molecule has 0 radical (unpaired) electrons. The predicted octanol–water partition coefficient (Wildman–Crippen LogP) is 2.79. The van der Waals surface area contributed by atoms with Gasteiger partial charge in [-0.1, -0.05) is 6.07 Å². The molecule has 190 valence electrons. The minimum atomic E-state index is -0.00480. The summed E-state index contributed by atoms with van der Waals surface area (Å²) in [5.74, 6) is -0.00480. The number of piperidine rings is 1. The lowest BCUT2D eigenvalue weighted by molar-refractivity contribution is 0.0383. The number of morpholine rings is 1. The van der Waals surface area contributed by atoms with E-state index in [2.05, 4.69) is 67.4 Å². The highest BCUT2D eigenvalue weighted by atomic mass is 16.5. The maximum Gasteiger partial charge on any atom is 0.251 e. The molecule has 36 heavy (non-hydrogen) atoms. The molecule has 2 saturated heterocycles. The van der Waals surface area contributed by atoms with Crippen LogP contribution in [0.5, 0.6) is 0 Å². The zero-order valence-electron chi connectivity index (χ0n) is 21.1. The first-order valence-electron chi connectivity index (χ1n) is 13.0. The van der Waals surface area contributed by atoms with E-state index in [0.717, 1.165) is 81.9 Å². The highest BCUT2D eigenvalue weighted by Crippen LogP contribution is 2.24. The molecule has 0 bridgehead atoms. The number of amides is 1. The Labute approximate surface area is 213 Å². The first kappa shape index (κ1) is 24.6. The van der Waals surface area contributed by atoms with Gasteiger partial charge in [0.1, 0.15) is 0 Å². The van der Waals surface area contributed by atoms with Gasteiger partial charge in [0, 0.05) is 75.5 Å². The van der Waals surface area contributed by atoms with Crippen LogP contribution in [-0.4, -0.2) is 91.2 Å². The van der Waals surface area contributed by atoms with Gasteiger partial charge in [-0.25, -0.2) is 0 Å². The third-order valence-corrected chi connectivity index (χ3v) is 7.37. The number of hydrogen-bond donors (Lipinski definition) is 1. The van der Waals surface area contributed by atoms with Crippen LogP contribution in [0.3, 0.4) is 0 Å². The Morgan fingerprint density at radius 1 is 1.00 bits per heavy atom. The fraction of sp³-hybridized carbons (Fsp3) is 0.464. The summed E-state index contributed by atoms with van der Waals surface area (Å²) < 4.78 is 5.37. The largest absolute Gasteiger partial charge is 0.379 e. The summed E-state index contributed by atoms with van der Waals surface area (Å²) in [5, 5.41) is 3.05. The van der Waals surface area contributed by atoms with E-state index in [9.17, 15) is 4.79 Å². The van der Waals surface area contributed by atoms with Gasteiger partial charge in [0.05, 0.1) is 24.2 Å². The average Bonchev–Trinajstić information content (AvgIpc) is 2.94. The van der Waals surface area contributed by atoms with Crippen LogP contribution in [0.1, 0.15) is 28.8 Å². The lowest BCUT2D eigenvalue weighted by Gasteiger charge is -2.38. The van der Waals surface area contributed by atoms with Crippen molar-refractivity contribution < 1.29 is 9.53 Å². The van der Waals surface area contributed by atoms with Crippen molar-refractivity contribution in [2.45, 2.75) is 25.4 Å². The second-order valence-corrected chi connectivity index (χ2v) is 9.77. The Hall–Kier alpha value is -3.07. The molecule has 0 spiro atoms. The molecule has 2 aliphatic heterocycles. The number of nitrogens with one attached hydrogen (secondary N) is 1. The molecule has 3 heterocycles. The van der Waals surface area contributed by atoms with Crippen molar-refractivity contribution in [1.82, 2.24) is 25.1 Å². The first-order chi connectivity index (χ1) is 17.7. The maximum absolute atomic E-state index is 12.5. The summed E-state index contributed by atoms with van der Waals surface area (Å²) in [5.41, 5.74) is 5.07. The Morgan fingerprint density at radius 2 is 1.72 bits per heavy atom. The zero-order chi connectivity index (χ0) is 24.7. The molecule has 0 aliphatic carbocycles. The topological polar surface area (TPSA) is 73.8 Å². The number of ether oxygens (including phenoxy) is 1. The van der Waals surface area contributed by atoms with Gasteiger partial charge in [0.15, 0.2) is 0 Å². The number of hydrogen-bond acceptors (Lipinski definition) is 7. The van der Waals surface area contributed by atoms with Crippen LogP contribution in [0.4, 0.5) is 5.69 Å². The Bertz CT molecular complexity index is 1140. The smallest absolute Gasteiger partial charge is 0.251 e. The lowest BCUT2D eigenvalue weighted by Crippen LogP contribution is -2.43. The van der Waals surface area contributed by atoms with Gasteiger partial charge < -0.3 is 15.0 Å². The highest BCUT2D eigenvalue weighted by Gasteiger charge is 2.23. The number of anilines is 1. The maximum atomic E-state index is 12.5. The normalized spacial score (nSPS) is 17.6. The average molecular weight is 489 g/mol. The van der Waals surface area contributed by atoms with Crippen LogP contribution >= 0.6 is 0 Å². The number of aromatic nitrogens is 2. The van der Waals surface area contributed by atoms with Crippen molar-refractivity contribution in [2.24, 2.45) is 0 Å². The minimum Gasteiger partial charge on any atom is -0.379 e. The van der Waals surface area contributed by atoms with Gasteiger partial charge in [-0.05, 0) is 61.9 Å². The number of fused-ring (bicyclic) bond motifs is 1. The fourth-order valence-corrected chi connectivity index (χ4v) is 5.17. The third kappa shape index (κ3) is 6.19. The van der Waals surface area contributed by atoms with Crippen LogP contribution in [0.15, 0.2) is 54.9 Å². The molecule has 0 unspecified atom stereocenters. The lowest BCUT2D eigenvalue weighted by atomic mass is 10.0. The molecule has 8 nitrogen and oxygen atoms in total. The number of carbonyl (C=O) groups is 1. The van der Waals surface area contributed by atoms with Crippen LogP contribution in [0.2, 0.25) is 0 Å². The summed E-state index contributed by atoms with van der Waals surface area (Å²) >= 11 is 0. The molecule has 2 aliphatic rings. The number of benzene rings is 2. The molecule has 5 rings (SSSR count). The first-order valence-corrected chi connectivity index (χ1v) is 13.0. The van der Waals surface area contributed by atoms with E-state index in [4.69, 9.17) is 4.74 Å². The summed E-state index contributed by atoms with van der Waals surface area (Å²) in [7, 11) is 2.22. The van der Waals surface area contributed by atoms with Crippen molar-refractivity contribution in [2.75, 3.05) is 64.4 Å². The summed E-state index contributed by atoms with van der Waals surface area (Å²) in [4.78, 5) is 28.5. The van der Waals surface area contributed by atoms with E-state index in [-0.39, 0.29) is 5.91 Å². The van der Waals surface area contributed by atoms with E-state index < -0.39 is 0 Å². The van der Waals surface area contributed by atoms with Gasteiger partial charge in [0.25, 0.3) is 5.91 Å². The number of nitrogens with zero attached hydrogens (tertiary/aromatic N) is 5. The van der Waals surface area contributed by atoms with E-state index in [0.29, 0.717) is 12.6 Å². The fourth-order valence-electron chi connectivity index (χ4n) is 5.17. The van der Waals surface area contributed by atoms with Gasteiger partial charge in [-0.15, -0.1) is 0 Å².